The molecule has 5 rings (SSSR count). The highest BCUT2D eigenvalue weighted by Crippen LogP contribution is 2.32. The molecule has 0 amide bonds. The highest BCUT2D eigenvalue weighted by atomic mass is 16.5. The molecule has 5 nitrogen and oxygen atoms in total. The summed E-state index contributed by atoms with van der Waals surface area (Å²) in [7, 11) is 0. The van der Waals surface area contributed by atoms with Crippen molar-refractivity contribution >= 4 is 10.8 Å². The van der Waals surface area contributed by atoms with E-state index in [0.717, 1.165) is 48.0 Å². The molecule has 192 valence electrons. The molecule has 0 aliphatic carbocycles. The second kappa shape index (κ2) is 12.7. The Hall–Kier alpha value is -3.38. The van der Waals surface area contributed by atoms with Gasteiger partial charge in [-0.3, -0.25) is 0 Å². The van der Waals surface area contributed by atoms with Crippen LogP contribution in [0.3, 0.4) is 0 Å². The molecule has 1 heterocycles. The molecule has 1 saturated heterocycles. The zero-order chi connectivity index (χ0) is 25.3. The van der Waals surface area contributed by atoms with Crippen LogP contribution in [0.2, 0.25) is 0 Å². The second-order valence-electron chi connectivity index (χ2n) is 9.54. The van der Waals surface area contributed by atoms with Crippen LogP contribution >= 0.6 is 0 Å². The van der Waals surface area contributed by atoms with Crippen LogP contribution in [0.15, 0.2) is 91.0 Å². The molecule has 2 N–H and O–H groups in total. The van der Waals surface area contributed by atoms with Crippen molar-refractivity contribution in [1.29, 1.82) is 0 Å². The third-order valence-corrected chi connectivity index (χ3v) is 7.01. The second-order valence-corrected chi connectivity index (χ2v) is 9.54. The molecule has 1 aliphatic rings. The summed E-state index contributed by atoms with van der Waals surface area (Å²) in [4.78, 5) is 0. The number of piperidine rings is 1. The van der Waals surface area contributed by atoms with E-state index >= 15 is 0 Å². The monoisotopic (exact) mass is 497 g/mol. The van der Waals surface area contributed by atoms with Gasteiger partial charge in [-0.05, 0) is 53.1 Å². The summed E-state index contributed by atoms with van der Waals surface area (Å²) in [5, 5.41) is 16.1. The fourth-order valence-electron chi connectivity index (χ4n) is 4.98. The number of nitrogens with one attached hydrogen (secondary N) is 1. The molecule has 0 radical (unpaired) electrons. The quantitative estimate of drug-likeness (QED) is 0.242. The molecule has 0 saturated carbocycles. The molecule has 0 spiro atoms. The Balaban J connectivity index is 1.12. The van der Waals surface area contributed by atoms with Crippen LogP contribution in [-0.4, -0.2) is 37.5 Å². The predicted octanol–water partition coefficient (Wildman–Crippen LogP) is 6.19. The normalized spacial score (nSPS) is 17.6. The average molecular weight is 498 g/mol. The van der Waals surface area contributed by atoms with Gasteiger partial charge in [0.05, 0.1) is 32.5 Å². The fourth-order valence-corrected chi connectivity index (χ4v) is 4.98. The Morgan fingerprint density at radius 1 is 0.811 bits per heavy atom. The van der Waals surface area contributed by atoms with Gasteiger partial charge in [0, 0.05) is 24.4 Å². The van der Waals surface area contributed by atoms with E-state index in [9.17, 15) is 5.11 Å². The molecule has 5 heteroatoms. The molecule has 2 unspecified atom stereocenters. The lowest BCUT2D eigenvalue weighted by atomic mass is 9.87. The Morgan fingerprint density at radius 2 is 1.62 bits per heavy atom. The highest BCUT2D eigenvalue weighted by Gasteiger charge is 2.27. The lowest BCUT2D eigenvalue weighted by Gasteiger charge is -2.32. The number of ether oxygens (including phenoxy) is 3. The van der Waals surface area contributed by atoms with E-state index < -0.39 is 0 Å². The smallest absolute Gasteiger partial charge is 0.121 e. The summed E-state index contributed by atoms with van der Waals surface area (Å²) >= 11 is 0. The zero-order valence-electron chi connectivity index (χ0n) is 21.1. The first kappa shape index (κ1) is 25.3. The third kappa shape index (κ3) is 6.69. The third-order valence-electron chi connectivity index (χ3n) is 7.01. The fraction of sp³-hybridized carbons (Fsp3) is 0.312. The molecule has 37 heavy (non-hydrogen) atoms. The number of rotatable bonds is 11. The molecular formula is C32H35NO4. The van der Waals surface area contributed by atoms with E-state index in [1.165, 1.54) is 11.1 Å². The number of phenolic OH excluding ortho intramolecular Hbond substituents is 1. The maximum atomic E-state index is 10.5. The molecule has 0 aromatic heterocycles. The van der Waals surface area contributed by atoms with Crippen molar-refractivity contribution in [3.8, 4) is 11.5 Å². The van der Waals surface area contributed by atoms with Crippen molar-refractivity contribution in [3.63, 3.8) is 0 Å². The van der Waals surface area contributed by atoms with Crippen molar-refractivity contribution in [3.05, 3.63) is 108 Å². The SMILES string of the molecule is Oc1ccc2ccccc2c1COC1CNCCC1c1ccc(OCCCOCc2ccccc2)cc1. The van der Waals surface area contributed by atoms with Crippen LogP contribution in [0.4, 0.5) is 0 Å². The molecular weight excluding hydrogens is 462 g/mol. The standard InChI is InChI=1S/C32H35NO4/c34-31-16-13-25-9-4-5-10-28(25)30(31)23-37-32-21-33-18-17-29(32)26-11-14-27(15-12-26)36-20-6-19-35-22-24-7-2-1-3-8-24/h1-5,7-16,29,32-34H,6,17-23H2. The summed E-state index contributed by atoms with van der Waals surface area (Å²) in [6.07, 6.45) is 1.88. The Morgan fingerprint density at radius 3 is 2.49 bits per heavy atom. The Kier molecular flexibility index (Phi) is 8.70. The zero-order valence-corrected chi connectivity index (χ0v) is 21.1. The van der Waals surface area contributed by atoms with Gasteiger partial charge in [0.15, 0.2) is 0 Å². The van der Waals surface area contributed by atoms with Crippen LogP contribution in [0.5, 0.6) is 11.5 Å². The van der Waals surface area contributed by atoms with E-state index in [0.29, 0.717) is 32.3 Å². The topological polar surface area (TPSA) is 60.0 Å². The van der Waals surface area contributed by atoms with E-state index in [1.807, 2.05) is 42.5 Å². The van der Waals surface area contributed by atoms with Crippen LogP contribution in [0.1, 0.15) is 35.4 Å². The highest BCUT2D eigenvalue weighted by molar-refractivity contribution is 5.87. The first-order chi connectivity index (χ1) is 18.3. The van der Waals surface area contributed by atoms with Gasteiger partial charge in [0.2, 0.25) is 0 Å². The minimum absolute atomic E-state index is 0.0284. The minimum atomic E-state index is 0.0284. The van der Waals surface area contributed by atoms with Crippen LogP contribution in [-0.2, 0) is 22.7 Å². The predicted molar refractivity (Wildman–Crippen MR) is 147 cm³/mol. The molecule has 2 atom stereocenters. The van der Waals surface area contributed by atoms with Crippen LogP contribution in [0, 0.1) is 0 Å². The maximum absolute atomic E-state index is 10.5. The number of phenols is 1. The average Bonchev–Trinajstić information content (AvgIpc) is 2.95. The van der Waals surface area contributed by atoms with Crippen molar-refractivity contribution in [1.82, 2.24) is 5.32 Å². The molecule has 4 aromatic carbocycles. The Labute approximate surface area is 219 Å². The molecule has 1 aliphatic heterocycles. The first-order valence-corrected chi connectivity index (χ1v) is 13.1. The van der Waals surface area contributed by atoms with Crippen molar-refractivity contribution in [2.45, 2.75) is 38.1 Å². The number of fused-ring (bicyclic) bond motifs is 1. The van der Waals surface area contributed by atoms with Crippen LogP contribution in [0.25, 0.3) is 10.8 Å². The van der Waals surface area contributed by atoms with Gasteiger partial charge in [0.1, 0.15) is 11.5 Å². The van der Waals surface area contributed by atoms with Gasteiger partial charge < -0.3 is 24.6 Å². The first-order valence-electron chi connectivity index (χ1n) is 13.1. The maximum Gasteiger partial charge on any atom is 0.121 e. The summed E-state index contributed by atoms with van der Waals surface area (Å²) in [6, 6.07) is 30.4. The lowest BCUT2D eigenvalue weighted by molar-refractivity contribution is 0.0104. The largest absolute Gasteiger partial charge is 0.508 e. The molecule has 4 aromatic rings. The van der Waals surface area contributed by atoms with E-state index in [4.69, 9.17) is 14.2 Å². The van der Waals surface area contributed by atoms with E-state index in [1.54, 1.807) is 6.07 Å². The number of hydrogen-bond donors (Lipinski definition) is 2. The van der Waals surface area contributed by atoms with E-state index in [2.05, 4.69) is 47.8 Å². The van der Waals surface area contributed by atoms with Gasteiger partial charge in [-0.1, -0.05) is 72.8 Å². The summed E-state index contributed by atoms with van der Waals surface area (Å²) in [5.74, 6) is 1.45. The summed E-state index contributed by atoms with van der Waals surface area (Å²) < 4.78 is 18.1. The van der Waals surface area contributed by atoms with Gasteiger partial charge >= 0.3 is 0 Å². The van der Waals surface area contributed by atoms with Gasteiger partial charge in [-0.2, -0.15) is 0 Å². The Bertz CT molecular complexity index is 1260. The molecule has 0 bridgehead atoms. The van der Waals surface area contributed by atoms with Crippen LogP contribution < -0.4 is 10.1 Å². The minimum Gasteiger partial charge on any atom is -0.508 e. The van der Waals surface area contributed by atoms with E-state index in [-0.39, 0.29) is 11.9 Å². The summed E-state index contributed by atoms with van der Waals surface area (Å²) in [6.45, 7) is 4.07. The number of aromatic hydroxyl groups is 1. The van der Waals surface area contributed by atoms with Crippen molar-refractivity contribution in [2.24, 2.45) is 0 Å². The number of benzene rings is 4. The molecule has 1 fully saturated rings. The summed E-state index contributed by atoms with van der Waals surface area (Å²) in [5.41, 5.74) is 3.29. The van der Waals surface area contributed by atoms with Gasteiger partial charge in [0.25, 0.3) is 0 Å². The lowest BCUT2D eigenvalue weighted by Crippen LogP contribution is -2.40. The van der Waals surface area contributed by atoms with Crippen molar-refractivity contribution < 1.29 is 19.3 Å². The van der Waals surface area contributed by atoms with Gasteiger partial charge in [-0.25, -0.2) is 0 Å². The van der Waals surface area contributed by atoms with Crippen molar-refractivity contribution in [2.75, 3.05) is 26.3 Å². The number of hydrogen-bond acceptors (Lipinski definition) is 5. The van der Waals surface area contributed by atoms with Gasteiger partial charge in [-0.15, -0.1) is 0 Å².